The summed E-state index contributed by atoms with van der Waals surface area (Å²) in [5.74, 6) is 0.140. The molecule has 1 heterocycles. The van der Waals surface area contributed by atoms with Crippen LogP contribution in [0.15, 0.2) is 46.0 Å². The monoisotopic (exact) mass is 524 g/mol. The molecule has 38 heavy (non-hydrogen) atoms. The number of nitrogens with one attached hydrogen (secondary N) is 2. The number of rotatable bonds is 12. The number of aromatic nitrogens is 2. The molecule has 0 aliphatic rings. The highest BCUT2D eigenvalue weighted by Gasteiger charge is 2.19. The molecule has 0 saturated heterocycles. The quantitative estimate of drug-likeness (QED) is 0.352. The van der Waals surface area contributed by atoms with Crippen LogP contribution < -0.4 is 31.4 Å². The largest absolute Gasteiger partial charge is 0.493 e. The smallest absolute Gasteiger partial charge is 0.332 e. The molecular weight excluding hydrogens is 488 g/mol. The Kier molecular flexibility index (Phi) is 9.70. The number of methoxy groups -OCH3 is 2. The highest BCUT2D eigenvalue weighted by Crippen LogP contribution is 2.30. The molecule has 3 rings (SSSR count). The predicted molar refractivity (Wildman–Crippen MR) is 146 cm³/mol. The van der Waals surface area contributed by atoms with Crippen LogP contribution in [-0.4, -0.2) is 47.8 Å². The normalized spacial score (nSPS) is 11.7. The Morgan fingerprint density at radius 2 is 1.63 bits per heavy atom. The van der Waals surface area contributed by atoms with Gasteiger partial charge in [0.1, 0.15) is 6.54 Å². The Morgan fingerprint density at radius 3 is 2.24 bits per heavy atom. The van der Waals surface area contributed by atoms with E-state index in [1.54, 1.807) is 24.3 Å². The molecule has 1 atom stereocenters. The first kappa shape index (κ1) is 28.5. The highest BCUT2D eigenvalue weighted by atomic mass is 16.5. The summed E-state index contributed by atoms with van der Waals surface area (Å²) in [5, 5.41) is 5.94. The van der Waals surface area contributed by atoms with E-state index in [4.69, 9.17) is 9.47 Å². The van der Waals surface area contributed by atoms with Crippen LogP contribution in [0, 0.1) is 0 Å². The topological polar surface area (TPSA) is 121 Å². The van der Waals surface area contributed by atoms with Crippen LogP contribution >= 0.6 is 0 Å². The van der Waals surface area contributed by atoms with Gasteiger partial charge in [0.2, 0.25) is 5.91 Å². The van der Waals surface area contributed by atoms with Crippen molar-refractivity contribution in [3.8, 4) is 11.5 Å². The van der Waals surface area contributed by atoms with Crippen molar-refractivity contribution in [1.29, 1.82) is 0 Å². The number of carbonyl (C=O) groups is 2. The standard InChI is InChI=1S/C28H36N4O6/c1-6-8-13-29-26(34)20-11-9-19(10-12-20)16-32-27(35)21-14-23(37-4)24(38-5)15-22(21)31(28(32)36)17-25(33)30-18(3)7-2/h9-12,14-15,18H,6-8,13,16-17H2,1-5H3,(H,29,34)(H,30,33)/t18-/m1/s1. The summed E-state index contributed by atoms with van der Waals surface area (Å²) in [7, 11) is 2.91. The first-order chi connectivity index (χ1) is 18.2. The van der Waals surface area contributed by atoms with E-state index in [9.17, 15) is 19.2 Å². The zero-order valence-corrected chi connectivity index (χ0v) is 22.6. The second-order valence-electron chi connectivity index (χ2n) is 9.17. The number of hydrogen-bond donors (Lipinski definition) is 2. The lowest BCUT2D eigenvalue weighted by Crippen LogP contribution is -2.44. The van der Waals surface area contributed by atoms with Crippen LogP contribution in [0.2, 0.25) is 0 Å². The van der Waals surface area contributed by atoms with Crippen molar-refractivity contribution in [1.82, 2.24) is 19.8 Å². The SMILES string of the molecule is CCCCNC(=O)c1ccc(Cn2c(=O)c3cc(OC)c(OC)cc3n(CC(=O)N[C@H](C)CC)c2=O)cc1. The second kappa shape index (κ2) is 12.9. The zero-order chi connectivity index (χ0) is 27.8. The van der Waals surface area contributed by atoms with Gasteiger partial charge in [-0.25, -0.2) is 4.79 Å². The Hall–Kier alpha value is -4.08. The Morgan fingerprint density at radius 1 is 0.974 bits per heavy atom. The van der Waals surface area contributed by atoms with E-state index < -0.39 is 11.2 Å². The highest BCUT2D eigenvalue weighted by molar-refractivity contribution is 5.94. The van der Waals surface area contributed by atoms with Gasteiger partial charge in [0.25, 0.3) is 11.5 Å². The van der Waals surface area contributed by atoms with Gasteiger partial charge < -0.3 is 20.1 Å². The summed E-state index contributed by atoms with van der Waals surface area (Å²) in [6.07, 6.45) is 2.61. The third kappa shape index (κ3) is 6.42. The van der Waals surface area contributed by atoms with Crippen LogP contribution in [0.3, 0.4) is 0 Å². The fourth-order valence-corrected chi connectivity index (χ4v) is 4.03. The van der Waals surface area contributed by atoms with E-state index >= 15 is 0 Å². The van der Waals surface area contributed by atoms with E-state index in [0.717, 1.165) is 23.8 Å². The Balaban J connectivity index is 2.06. The van der Waals surface area contributed by atoms with Crippen LogP contribution in [0.5, 0.6) is 11.5 Å². The molecule has 0 fully saturated rings. The summed E-state index contributed by atoms with van der Waals surface area (Å²) in [4.78, 5) is 52.2. The van der Waals surface area contributed by atoms with Gasteiger partial charge in [-0.05, 0) is 43.5 Å². The van der Waals surface area contributed by atoms with Gasteiger partial charge in [-0.2, -0.15) is 0 Å². The molecule has 0 unspecified atom stereocenters. The van der Waals surface area contributed by atoms with Gasteiger partial charge in [-0.1, -0.05) is 32.4 Å². The van der Waals surface area contributed by atoms with Gasteiger partial charge in [0.15, 0.2) is 11.5 Å². The van der Waals surface area contributed by atoms with Gasteiger partial charge in [0, 0.05) is 24.2 Å². The molecule has 0 aliphatic heterocycles. The molecule has 0 radical (unpaired) electrons. The van der Waals surface area contributed by atoms with Crippen LogP contribution in [0.1, 0.15) is 56.0 Å². The van der Waals surface area contributed by atoms with Crippen molar-refractivity contribution in [3.05, 3.63) is 68.4 Å². The zero-order valence-electron chi connectivity index (χ0n) is 22.6. The average Bonchev–Trinajstić information content (AvgIpc) is 2.92. The summed E-state index contributed by atoms with van der Waals surface area (Å²) >= 11 is 0. The molecule has 204 valence electrons. The van der Waals surface area contributed by atoms with Gasteiger partial charge in [-0.3, -0.25) is 23.5 Å². The number of nitrogens with zero attached hydrogens (tertiary/aromatic N) is 2. The molecule has 3 aromatic rings. The lowest BCUT2D eigenvalue weighted by Gasteiger charge is -2.17. The van der Waals surface area contributed by atoms with Crippen LogP contribution in [-0.2, 0) is 17.9 Å². The minimum Gasteiger partial charge on any atom is -0.493 e. The fraction of sp³-hybridized carbons (Fsp3) is 0.429. The van der Waals surface area contributed by atoms with Gasteiger partial charge in [-0.15, -0.1) is 0 Å². The van der Waals surface area contributed by atoms with E-state index in [1.807, 2.05) is 20.8 Å². The van der Waals surface area contributed by atoms with E-state index in [1.165, 1.54) is 30.9 Å². The number of benzene rings is 2. The van der Waals surface area contributed by atoms with Crippen molar-refractivity contribution < 1.29 is 19.1 Å². The second-order valence-corrected chi connectivity index (χ2v) is 9.17. The van der Waals surface area contributed by atoms with Crippen LogP contribution in [0.25, 0.3) is 10.9 Å². The minimum atomic E-state index is -0.629. The lowest BCUT2D eigenvalue weighted by molar-refractivity contribution is -0.122. The van der Waals surface area contributed by atoms with Crippen molar-refractivity contribution in [3.63, 3.8) is 0 Å². The van der Waals surface area contributed by atoms with Crippen molar-refractivity contribution >= 4 is 22.7 Å². The number of carbonyl (C=O) groups excluding carboxylic acids is 2. The molecule has 1 aromatic heterocycles. The average molecular weight is 525 g/mol. The summed E-state index contributed by atoms with van der Waals surface area (Å²) in [6, 6.07) is 9.72. The first-order valence-electron chi connectivity index (χ1n) is 12.8. The van der Waals surface area contributed by atoms with E-state index in [0.29, 0.717) is 29.2 Å². The molecule has 0 bridgehead atoms. The molecule has 2 amide bonds. The number of amides is 2. The molecule has 2 aromatic carbocycles. The molecule has 10 nitrogen and oxygen atoms in total. The predicted octanol–water partition coefficient (Wildman–Crippen LogP) is 2.67. The third-order valence-corrected chi connectivity index (χ3v) is 6.42. The Bertz CT molecular complexity index is 1410. The molecule has 2 N–H and O–H groups in total. The Labute approximate surface area is 221 Å². The van der Waals surface area contributed by atoms with Gasteiger partial charge >= 0.3 is 5.69 Å². The number of unbranched alkanes of at least 4 members (excludes halogenated alkanes) is 1. The lowest BCUT2D eigenvalue weighted by atomic mass is 10.1. The maximum atomic E-state index is 13.6. The number of ether oxygens (including phenoxy) is 2. The number of fused-ring (bicyclic) bond motifs is 1. The molecule has 0 saturated carbocycles. The summed E-state index contributed by atoms with van der Waals surface area (Å²) < 4.78 is 13.1. The molecule has 0 aliphatic carbocycles. The third-order valence-electron chi connectivity index (χ3n) is 6.42. The van der Waals surface area contributed by atoms with Gasteiger partial charge in [0.05, 0.1) is 31.7 Å². The van der Waals surface area contributed by atoms with Crippen molar-refractivity contribution in [2.75, 3.05) is 20.8 Å². The fourth-order valence-electron chi connectivity index (χ4n) is 4.03. The molecule has 10 heteroatoms. The first-order valence-corrected chi connectivity index (χ1v) is 12.8. The summed E-state index contributed by atoms with van der Waals surface area (Å²) in [5.41, 5.74) is 0.269. The van der Waals surface area contributed by atoms with E-state index in [-0.39, 0.29) is 41.8 Å². The maximum absolute atomic E-state index is 13.6. The van der Waals surface area contributed by atoms with E-state index in [2.05, 4.69) is 10.6 Å². The molecule has 0 spiro atoms. The minimum absolute atomic E-state index is 0.0351. The summed E-state index contributed by atoms with van der Waals surface area (Å²) in [6.45, 7) is 6.17. The molecular formula is C28H36N4O6. The number of hydrogen-bond acceptors (Lipinski definition) is 6. The van der Waals surface area contributed by atoms with Crippen molar-refractivity contribution in [2.45, 2.75) is 59.2 Å². The van der Waals surface area contributed by atoms with Crippen molar-refractivity contribution in [2.24, 2.45) is 0 Å². The van der Waals surface area contributed by atoms with Crippen LogP contribution in [0.4, 0.5) is 0 Å². The maximum Gasteiger partial charge on any atom is 0.332 e.